The molecule has 0 unspecified atom stereocenters. The van der Waals surface area contributed by atoms with Gasteiger partial charge in [0.1, 0.15) is 0 Å². The summed E-state index contributed by atoms with van der Waals surface area (Å²) >= 11 is 3.11. The van der Waals surface area contributed by atoms with Gasteiger partial charge in [-0.15, -0.1) is 11.8 Å². The van der Waals surface area contributed by atoms with Crippen molar-refractivity contribution in [3.63, 3.8) is 0 Å². The van der Waals surface area contributed by atoms with E-state index in [-0.39, 0.29) is 64.0 Å². The van der Waals surface area contributed by atoms with Gasteiger partial charge >= 0.3 is 10.8 Å². The topological polar surface area (TPSA) is 108 Å². The molecule has 9 heteroatoms. The molecule has 31 heavy (non-hydrogen) atoms. The largest absolute Gasteiger partial charge is 0.481 e. The summed E-state index contributed by atoms with van der Waals surface area (Å²) < 4.78 is 0. The van der Waals surface area contributed by atoms with E-state index < -0.39 is 5.97 Å². The van der Waals surface area contributed by atoms with Crippen molar-refractivity contribution in [2.75, 3.05) is 6.54 Å². The Morgan fingerprint density at radius 1 is 1.10 bits per heavy atom. The molecule has 0 radical (unpaired) electrons. The average Bonchev–Trinajstić information content (AvgIpc) is 3.46. The molecular weight excluding hydrogens is 436 g/mol. The molecule has 3 aliphatic carbocycles. The summed E-state index contributed by atoms with van der Waals surface area (Å²) in [6.45, 7) is 0.213. The van der Waals surface area contributed by atoms with E-state index in [1.807, 2.05) is 0 Å². The predicted molar refractivity (Wildman–Crippen MR) is 115 cm³/mol. The van der Waals surface area contributed by atoms with Crippen molar-refractivity contribution >= 4 is 40.9 Å². The highest BCUT2D eigenvalue weighted by Crippen LogP contribution is 2.71. The summed E-state index contributed by atoms with van der Waals surface area (Å²) in [7, 11) is 0. The van der Waals surface area contributed by atoms with E-state index in [1.165, 1.54) is 27.5 Å². The van der Waals surface area contributed by atoms with Gasteiger partial charge in [0.25, 0.3) is 0 Å². The number of imide groups is 1. The van der Waals surface area contributed by atoms with E-state index >= 15 is 0 Å². The molecule has 1 spiro atoms. The maximum atomic E-state index is 13.4. The fourth-order valence-electron chi connectivity index (χ4n) is 7.75. The van der Waals surface area contributed by atoms with E-state index in [2.05, 4.69) is 4.98 Å². The van der Waals surface area contributed by atoms with Crippen LogP contribution < -0.4 is 4.87 Å². The Bertz CT molecular complexity index is 1030. The van der Waals surface area contributed by atoms with Crippen LogP contribution in [0.4, 0.5) is 0 Å². The van der Waals surface area contributed by atoms with Crippen molar-refractivity contribution < 1.29 is 19.5 Å². The highest BCUT2D eigenvalue weighted by Gasteiger charge is 2.71. The smallest absolute Gasteiger partial charge is 0.305 e. The van der Waals surface area contributed by atoms with Crippen molar-refractivity contribution in [1.29, 1.82) is 0 Å². The van der Waals surface area contributed by atoms with Crippen LogP contribution in [-0.2, 0) is 19.8 Å². The molecule has 0 aromatic carbocycles. The second-order valence-electron chi connectivity index (χ2n) is 9.94. The monoisotopic (exact) mass is 462 g/mol. The second kappa shape index (κ2) is 6.94. The van der Waals surface area contributed by atoms with E-state index in [9.17, 15) is 19.2 Å². The minimum absolute atomic E-state index is 0.00622. The van der Waals surface area contributed by atoms with E-state index in [0.717, 1.165) is 37.1 Å². The highest BCUT2D eigenvalue weighted by atomic mass is 32.2. The zero-order valence-electron chi connectivity index (χ0n) is 17.2. The summed E-state index contributed by atoms with van der Waals surface area (Å²) in [5.74, 6) is -0.869. The van der Waals surface area contributed by atoms with E-state index in [0.29, 0.717) is 12.3 Å². The third-order valence-corrected chi connectivity index (χ3v) is 11.4. The number of hydrogen-bond acceptors (Lipinski definition) is 6. The first kappa shape index (κ1) is 20.0. The Morgan fingerprint density at radius 2 is 1.81 bits per heavy atom. The molecule has 1 saturated heterocycles. The lowest BCUT2D eigenvalue weighted by molar-refractivity contribution is -0.142. The van der Waals surface area contributed by atoms with Crippen molar-refractivity contribution in [2.45, 2.75) is 67.1 Å². The molecule has 2 aliphatic heterocycles. The number of carbonyl (C=O) groups excluding carboxylic acids is 2. The van der Waals surface area contributed by atoms with E-state index in [1.54, 1.807) is 11.8 Å². The van der Waals surface area contributed by atoms with Crippen LogP contribution in [0.1, 0.15) is 56.2 Å². The minimum Gasteiger partial charge on any atom is -0.481 e. The van der Waals surface area contributed by atoms with Gasteiger partial charge in [0.15, 0.2) is 0 Å². The molecule has 7 nitrogen and oxygen atoms in total. The summed E-state index contributed by atoms with van der Waals surface area (Å²) in [6, 6.07) is 0. The van der Waals surface area contributed by atoms with Crippen LogP contribution in [0.15, 0.2) is 9.82 Å². The van der Waals surface area contributed by atoms with Gasteiger partial charge in [0, 0.05) is 28.5 Å². The number of hydrogen-bond donors (Lipinski definition) is 2. The maximum absolute atomic E-state index is 13.4. The Kier molecular flexibility index (Phi) is 4.49. The molecular formula is C22H26N2O5S2. The van der Waals surface area contributed by atoms with Crippen molar-refractivity contribution in [2.24, 2.45) is 29.6 Å². The number of amides is 2. The summed E-state index contributed by atoms with van der Waals surface area (Å²) in [6.07, 6.45) is 6.87. The van der Waals surface area contributed by atoms with Crippen LogP contribution >= 0.6 is 23.1 Å². The minimum atomic E-state index is -0.902. The molecule has 6 atom stereocenters. The summed E-state index contributed by atoms with van der Waals surface area (Å²) in [4.78, 5) is 55.4. The van der Waals surface area contributed by atoms with Crippen LogP contribution in [-0.4, -0.2) is 44.6 Å². The lowest BCUT2D eigenvalue weighted by Gasteiger charge is -2.52. The Labute approximate surface area is 188 Å². The first-order chi connectivity index (χ1) is 14.9. The molecule has 4 fully saturated rings. The number of H-pyrrole nitrogens is 1. The fraction of sp³-hybridized carbons (Fsp3) is 0.727. The second-order valence-corrected chi connectivity index (χ2v) is 12.1. The molecule has 2 N–H and O–H groups in total. The Morgan fingerprint density at radius 3 is 2.52 bits per heavy atom. The Hall–Kier alpha value is -1.61. The van der Waals surface area contributed by atoms with Crippen molar-refractivity contribution in [3.8, 4) is 0 Å². The molecule has 1 aromatic heterocycles. The number of carbonyl (C=O) groups is 3. The average molecular weight is 463 g/mol. The van der Waals surface area contributed by atoms with Gasteiger partial charge in [-0.3, -0.25) is 24.1 Å². The molecule has 5 aliphatic rings. The van der Waals surface area contributed by atoms with Crippen LogP contribution in [0.5, 0.6) is 0 Å². The summed E-state index contributed by atoms with van der Waals surface area (Å²) in [5.41, 5.74) is -0.0300. The van der Waals surface area contributed by atoms with Gasteiger partial charge in [-0.25, -0.2) is 0 Å². The molecule has 2 bridgehead atoms. The first-order valence-electron chi connectivity index (χ1n) is 11.4. The van der Waals surface area contributed by atoms with E-state index in [4.69, 9.17) is 5.11 Å². The highest BCUT2D eigenvalue weighted by molar-refractivity contribution is 8.00. The number of thioether (sulfide) groups is 1. The normalized spacial score (nSPS) is 37.2. The summed E-state index contributed by atoms with van der Waals surface area (Å²) in [5, 5.41) is 10.2. The quantitative estimate of drug-likeness (QED) is 0.667. The third-order valence-electron chi connectivity index (χ3n) is 8.67. The fourth-order valence-corrected chi connectivity index (χ4v) is 10.9. The number of nitrogens with zero attached hydrogens (tertiary/aromatic N) is 1. The molecule has 166 valence electrons. The van der Waals surface area contributed by atoms with Crippen LogP contribution in [0.2, 0.25) is 0 Å². The van der Waals surface area contributed by atoms with Crippen LogP contribution in [0.3, 0.4) is 0 Å². The van der Waals surface area contributed by atoms with Gasteiger partial charge < -0.3 is 10.1 Å². The van der Waals surface area contributed by atoms with Crippen LogP contribution in [0.25, 0.3) is 0 Å². The van der Waals surface area contributed by atoms with Gasteiger partial charge in [-0.2, -0.15) is 0 Å². The number of rotatable bonds is 4. The van der Waals surface area contributed by atoms with Crippen molar-refractivity contribution in [1.82, 2.24) is 9.88 Å². The molecule has 1 aromatic rings. The number of carboxylic acid groups (broad SMARTS) is 1. The SMILES string of the molecule is O=C(O)CCCN1C(=O)[C@@H]2[C@H]3C[C@@H]([C@@H]2C1=O)[C@@H]1[C@@H]3Sc2[nH]c(=O)sc2C12CCCCC2. The van der Waals surface area contributed by atoms with Gasteiger partial charge in [0.2, 0.25) is 11.8 Å². The first-order valence-corrected chi connectivity index (χ1v) is 13.1. The maximum Gasteiger partial charge on any atom is 0.305 e. The number of aromatic nitrogens is 1. The number of carboxylic acids is 1. The number of aromatic amines is 1. The standard InChI is InChI=1S/C22H26N2O5S2/c25-12(26)5-4-8-24-19(27)13-10-9-11(14(13)20(24)28)16-15(10)22(6-2-1-3-7-22)17-18(30-16)23-21(29)31-17/h10-11,13-16H,1-9H2,(H,23,29)(H,25,26)/t10-,11+,13-,14+,15+,16+/m0/s1. The third kappa shape index (κ3) is 2.65. The predicted octanol–water partition coefficient (Wildman–Crippen LogP) is 2.84. The number of nitrogens with one attached hydrogen (secondary N) is 1. The Balaban J connectivity index is 1.36. The number of thiazole rings is 1. The zero-order valence-corrected chi connectivity index (χ0v) is 18.8. The number of fused-ring (bicyclic) bond motifs is 11. The van der Waals surface area contributed by atoms with Gasteiger partial charge in [-0.1, -0.05) is 30.6 Å². The molecule has 3 saturated carbocycles. The number of aliphatic carboxylic acids is 1. The zero-order chi connectivity index (χ0) is 21.5. The van der Waals surface area contributed by atoms with Gasteiger partial charge in [-0.05, 0) is 43.4 Å². The number of likely N-dealkylation sites (tertiary alicyclic amines) is 1. The van der Waals surface area contributed by atoms with Crippen molar-refractivity contribution in [3.05, 3.63) is 14.5 Å². The van der Waals surface area contributed by atoms with Gasteiger partial charge in [0.05, 0.1) is 16.9 Å². The lowest BCUT2D eigenvalue weighted by atomic mass is 9.57. The lowest BCUT2D eigenvalue weighted by Crippen LogP contribution is -2.51. The van der Waals surface area contributed by atoms with Crippen LogP contribution in [0, 0.1) is 29.6 Å². The molecule has 3 heterocycles. The molecule has 2 amide bonds. The molecule has 6 rings (SSSR count).